The summed E-state index contributed by atoms with van der Waals surface area (Å²) in [4.78, 5) is 44.5. The van der Waals surface area contributed by atoms with E-state index < -0.39 is 17.1 Å². The molecule has 0 spiro atoms. The minimum atomic E-state index is -0.712. The van der Waals surface area contributed by atoms with Crippen molar-refractivity contribution in [2.75, 3.05) is 4.90 Å². The Hall–Kier alpha value is -3.33. The molecule has 3 heterocycles. The number of nitrogens with one attached hydrogen (secondary N) is 1. The Kier molecular flexibility index (Phi) is 6.18. The lowest BCUT2D eigenvalue weighted by Crippen LogP contribution is -2.32. The maximum atomic E-state index is 13.9. The summed E-state index contributed by atoms with van der Waals surface area (Å²) in [5, 5.41) is 0.412. The first-order valence-electron chi connectivity index (χ1n) is 11.7. The molecule has 0 unspecified atom stereocenters. The molecule has 37 heavy (non-hydrogen) atoms. The molecule has 0 radical (unpaired) electrons. The van der Waals surface area contributed by atoms with Crippen molar-refractivity contribution in [2.24, 2.45) is 5.92 Å². The number of imide groups is 1. The number of thioether (sulfide) groups is 1. The molecule has 2 amide bonds. The van der Waals surface area contributed by atoms with Crippen molar-refractivity contribution >= 4 is 52.2 Å². The third-order valence-electron chi connectivity index (χ3n) is 6.79. The van der Waals surface area contributed by atoms with Gasteiger partial charge < -0.3 is 9.72 Å². The van der Waals surface area contributed by atoms with E-state index in [1.54, 1.807) is 42.5 Å². The number of thiazole rings is 1. The topological polar surface area (TPSA) is 79.5 Å². The number of nitrogens with zero attached hydrogens (tertiary/aromatic N) is 1. The molecular formula is C28H21ClN2O4S2. The predicted molar refractivity (Wildman–Crippen MR) is 146 cm³/mol. The number of aromatic amines is 1. The average Bonchev–Trinajstić information content (AvgIpc) is 3.39. The first-order valence-corrected chi connectivity index (χ1v) is 13.8. The van der Waals surface area contributed by atoms with E-state index >= 15 is 0 Å². The summed E-state index contributed by atoms with van der Waals surface area (Å²) in [7, 11) is 0. The van der Waals surface area contributed by atoms with E-state index in [1.807, 2.05) is 37.3 Å². The molecule has 0 saturated carbocycles. The normalized spacial score (nSPS) is 20.6. The van der Waals surface area contributed by atoms with Gasteiger partial charge in [0.05, 0.1) is 16.6 Å². The molecule has 1 N–H and O–H groups in total. The smallest absolute Gasteiger partial charge is 0.305 e. The second-order valence-electron chi connectivity index (χ2n) is 8.99. The van der Waals surface area contributed by atoms with Crippen LogP contribution < -0.4 is 14.5 Å². The van der Waals surface area contributed by atoms with E-state index in [9.17, 15) is 14.4 Å². The first-order chi connectivity index (χ1) is 17.9. The fourth-order valence-corrected chi connectivity index (χ4v) is 7.69. The number of benzene rings is 3. The highest BCUT2D eigenvalue weighted by molar-refractivity contribution is 8.00. The summed E-state index contributed by atoms with van der Waals surface area (Å²) in [6.07, 6.45) is 0. The Morgan fingerprint density at radius 2 is 1.73 bits per heavy atom. The Morgan fingerprint density at radius 3 is 2.51 bits per heavy atom. The predicted octanol–water partition coefficient (Wildman–Crippen LogP) is 5.77. The Balaban J connectivity index is 1.46. The number of fused-ring (bicyclic) bond motifs is 2. The van der Waals surface area contributed by atoms with Crippen LogP contribution in [0.15, 0.2) is 82.6 Å². The average molecular weight is 549 g/mol. The van der Waals surface area contributed by atoms with Gasteiger partial charge in [-0.05, 0) is 48.4 Å². The third kappa shape index (κ3) is 4.19. The van der Waals surface area contributed by atoms with Crippen molar-refractivity contribution in [1.29, 1.82) is 0 Å². The lowest BCUT2D eigenvalue weighted by atomic mass is 9.82. The van der Waals surface area contributed by atoms with Crippen LogP contribution >= 0.6 is 34.7 Å². The summed E-state index contributed by atoms with van der Waals surface area (Å²) in [5.74, 6) is -1.31. The van der Waals surface area contributed by atoms with Gasteiger partial charge in [0.2, 0.25) is 11.8 Å². The van der Waals surface area contributed by atoms with Crippen molar-refractivity contribution in [1.82, 2.24) is 4.98 Å². The van der Waals surface area contributed by atoms with Crippen molar-refractivity contribution in [2.45, 2.75) is 29.7 Å². The summed E-state index contributed by atoms with van der Waals surface area (Å²) < 4.78 is 6.30. The van der Waals surface area contributed by atoms with Crippen molar-refractivity contribution in [3.8, 4) is 5.75 Å². The van der Waals surface area contributed by atoms with Gasteiger partial charge in [-0.25, -0.2) is 4.90 Å². The largest absolute Gasteiger partial charge is 0.489 e. The summed E-state index contributed by atoms with van der Waals surface area (Å²) in [6.45, 7) is 2.35. The quantitative estimate of drug-likeness (QED) is 0.320. The van der Waals surface area contributed by atoms with Crippen molar-refractivity contribution < 1.29 is 14.3 Å². The monoisotopic (exact) mass is 548 g/mol. The molecule has 2 aliphatic heterocycles. The van der Waals surface area contributed by atoms with Crippen LogP contribution in [-0.2, 0) is 16.2 Å². The van der Waals surface area contributed by atoms with Crippen LogP contribution in [0, 0.1) is 12.8 Å². The maximum absolute atomic E-state index is 13.9. The number of halogens is 1. The highest BCUT2D eigenvalue weighted by Gasteiger charge is 2.56. The zero-order valence-corrected chi connectivity index (χ0v) is 22.0. The number of rotatable bonds is 5. The van der Waals surface area contributed by atoms with Gasteiger partial charge in [-0.3, -0.25) is 14.4 Å². The first kappa shape index (κ1) is 24.0. The number of hydrogen-bond donors (Lipinski definition) is 1. The van der Waals surface area contributed by atoms with Crippen molar-refractivity contribution in [3.05, 3.63) is 109 Å². The van der Waals surface area contributed by atoms with E-state index in [0.717, 1.165) is 27.3 Å². The molecule has 1 fully saturated rings. The van der Waals surface area contributed by atoms with Gasteiger partial charge in [0, 0.05) is 21.4 Å². The number of para-hydroxylation sites is 1. The highest BCUT2D eigenvalue weighted by Crippen LogP contribution is 2.54. The molecule has 3 aromatic carbocycles. The van der Waals surface area contributed by atoms with Crippen LogP contribution in [0.4, 0.5) is 5.69 Å². The molecule has 1 aromatic heterocycles. The Morgan fingerprint density at radius 1 is 0.973 bits per heavy atom. The molecular weight excluding hydrogens is 528 g/mol. The molecule has 9 heteroatoms. The van der Waals surface area contributed by atoms with E-state index in [1.165, 1.54) is 16.7 Å². The Labute approximate surface area is 226 Å². The maximum Gasteiger partial charge on any atom is 0.305 e. The second kappa shape index (κ2) is 9.52. The zero-order chi connectivity index (χ0) is 25.7. The fourth-order valence-electron chi connectivity index (χ4n) is 5.01. The molecule has 2 aliphatic rings. The summed E-state index contributed by atoms with van der Waals surface area (Å²) in [5.41, 5.74) is 3.36. The molecule has 0 bridgehead atoms. The van der Waals surface area contributed by atoms with Gasteiger partial charge in [0.15, 0.2) is 0 Å². The van der Waals surface area contributed by atoms with E-state index in [2.05, 4.69) is 4.98 Å². The summed E-state index contributed by atoms with van der Waals surface area (Å²) >= 11 is 8.76. The minimum absolute atomic E-state index is 0.230. The highest BCUT2D eigenvalue weighted by atomic mass is 35.5. The van der Waals surface area contributed by atoms with E-state index in [-0.39, 0.29) is 16.7 Å². The van der Waals surface area contributed by atoms with Gasteiger partial charge in [-0.2, -0.15) is 0 Å². The van der Waals surface area contributed by atoms with E-state index in [4.69, 9.17) is 16.3 Å². The molecule has 6 rings (SSSR count). The van der Waals surface area contributed by atoms with Crippen LogP contribution in [0.25, 0.3) is 0 Å². The van der Waals surface area contributed by atoms with Gasteiger partial charge in [0.25, 0.3) is 0 Å². The number of hydrogen-bond acceptors (Lipinski definition) is 6. The molecule has 6 nitrogen and oxygen atoms in total. The minimum Gasteiger partial charge on any atom is -0.489 e. The third-order valence-corrected chi connectivity index (χ3v) is 9.43. The van der Waals surface area contributed by atoms with Gasteiger partial charge in [0.1, 0.15) is 17.6 Å². The van der Waals surface area contributed by atoms with Crippen molar-refractivity contribution in [3.63, 3.8) is 0 Å². The van der Waals surface area contributed by atoms with Gasteiger partial charge in [-0.15, -0.1) is 0 Å². The number of anilines is 1. The number of carbonyl (C=O) groups excluding carboxylic acids is 2. The number of aryl methyl sites for hydroxylation is 1. The fraction of sp³-hybridized carbons (Fsp3) is 0.179. The van der Waals surface area contributed by atoms with Gasteiger partial charge >= 0.3 is 4.87 Å². The molecule has 0 aliphatic carbocycles. The van der Waals surface area contributed by atoms with Crippen LogP contribution in [-0.4, -0.2) is 22.0 Å². The number of aromatic nitrogens is 1. The molecule has 1 saturated heterocycles. The molecule has 186 valence electrons. The number of H-pyrrole nitrogens is 1. The van der Waals surface area contributed by atoms with E-state index in [0.29, 0.717) is 33.7 Å². The lowest BCUT2D eigenvalue weighted by molar-refractivity contribution is -0.122. The SMILES string of the molecule is Cc1ccccc1COc1ccc(Cl)cc1[C@@H]1c2sc(=O)[nH]c2S[C@H]2C(=O)N(c3ccccc3)C(=O)[C@@H]12. The molecule has 4 aromatic rings. The summed E-state index contributed by atoms with van der Waals surface area (Å²) in [6, 6.07) is 22.2. The Bertz CT molecular complexity index is 1580. The van der Waals surface area contributed by atoms with Crippen LogP contribution in [0.3, 0.4) is 0 Å². The standard InChI is InChI=1S/C28H21ClN2O4S2/c1-15-7-5-6-8-16(15)14-35-20-12-11-17(29)13-19(20)21-22-24(36-25-23(21)37-28(34)30-25)27(33)31(26(22)32)18-9-3-2-4-10-18/h2-13,21-22,24H,14H2,1H3,(H,30,34)/t21-,22-,24+/m0/s1. The second-order valence-corrected chi connectivity index (χ2v) is 11.6. The number of ether oxygens (including phenoxy) is 1. The van der Waals surface area contributed by atoms with Crippen LogP contribution in [0.1, 0.15) is 27.5 Å². The van der Waals surface area contributed by atoms with Crippen LogP contribution in [0.5, 0.6) is 5.75 Å². The van der Waals surface area contributed by atoms with Crippen LogP contribution in [0.2, 0.25) is 5.02 Å². The molecule has 3 atom stereocenters. The zero-order valence-electron chi connectivity index (χ0n) is 19.6. The number of carbonyl (C=O) groups is 2. The number of amides is 2. The lowest BCUT2D eigenvalue weighted by Gasteiger charge is -2.31. The van der Waals surface area contributed by atoms with Gasteiger partial charge in [-0.1, -0.05) is 77.2 Å².